The molecule has 1 aromatic rings. The molecule has 0 bridgehead atoms. The molecule has 0 aliphatic carbocycles. The van der Waals surface area contributed by atoms with Crippen LogP contribution in [0, 0.1) is 12.3 Å². The zero-order valence-electron chi connectivity index (χ0n) is 10.1. The molecule has 0 saturated heterocycles. The first-order valence-electron chi connectivity index (χ1n) is 5.33. The first-order valence-corrected chi connectivity index (χ1v) is 7.60. The second-order valence-electron chi connectivity index (χ2n) is 3.70. The smallest absolute Gasteiger partial charge is 0.336 e. The van der Waals surface area contributed by atoms with E-state index in [4.69, 9.17) is 11.5 Å². The molecule has 0 heterocycles. The summed E-state index contributed by atoms with van der Waals surface area (Å²) < 4.78 is 26.7. The SMILES string of the molecule is C#CC(CC)NS(=O)(=O)c1ccc(Br)c(C(=O)O)c1. The number of carboxylic acids is 1. The first-order chi connectivity index (χ1) is 8.81. The number of rotatable bonds is 5. The molecule has 5 nitrogen and oxygen atoms in total. The minimum Gasteiger partial charge on any atom is -0.478 e. The first kappa shape index (κ1) is 15.7. The maximum Gasteiger partial charge on any atom is 0.336 e. The predicted octanol–water partition coefficient (Wildman–Crippen LogP) is 1.84. The number of halogens is 1. The minimum absolute atomic E-state index is 0.128. The van der Waals surface area contributed by atoms with Crippen molar-refractivity contribution in [3.63, 3.8) is 0 Å². The quantitative estimate of drug-likeness (QED) is 0.797. The maximum atomic E-state index is 12.0. The Labute approximate surface area is 120 Å². The van der Waals surface area contributed by atoms with E-state index in [2.05, 4.69) is 26.6 Å². The summed E-state index contributed by atoms with van der Waals surface area (Å²) in [4.78, 5) is 10.8. The predicted molar refractivity (Wildman–Crippen MR) is 74.3 cm³/mol. The van der Waals surface area contributed by atoms with Gasteiger partial charge in [0.2, 0.25) is 10.0 Å². The van der Waals surface area contributed by atoms with Gasteiger partial charge in [-0.2, -0.15) is 4.72 Å². The third-order valence-electron chi connectivity index (χ3n) is 2.39. The van der Waals surface area contributed by atoms with Gasteiger partial charge in [0.25, 0.3) is 0 Å². The number of nitrogens with one attached hydrogen (secondary N) is 1. The van der Waals surface area contributed by atoms with E-state index < -0.39 is 22.0 Å². The van der Waals surface area contributed by atoms with Crippen LogP contribution in [0.5, 0.6) is 0 Å². The van der Waals surface area contributed by atoms with Crippen LogP contribution in [-0.4, -0.2) is 25.5 Å². The number of sulfonamides is 1. The van der Waals surface area contributed by atoms with Crippen LogP contribution in [0.1, 0.15) is 23.7 Å². The van der Waals surface area contributed by atoms with E-state index in [0.717, 1.165) is 6.07 Å². The second-order valence-corrected chi connectivity index (χ2v) is 6.26. The van der Waals surface area contributed by atoms with Crippen LogP contribution >= 0.6 is 15.9 Å². The van der Waals surface area contributed by atoms with E-state index in [0.29, 0.717) is 10.9 Å². The van der Waals surface area contributed by atoms with Crippen LogP contribution in [0.2, 0.25) is 0 Å². The minimum atomic E-state index is -3.83. The van der Waals surface area contributed by atoms with Gasteiger partial charge in [-0.3, -0.25) is 0 Å². The summed E-state index contributed by atoms with van der Waals surface area (Å²) in [5.74, 6) is 1.10. The molecule has 0 saturated carbocycles. The molecule has 0 aliphatic heterocycles. The Hall–Kier alpha value is -1.36. The molecule has 2 N–H and O–H groups in total. The number of hydrogen-bond donors (Lipinski definition) is 2. The Bertz CT molecular complexity index is 634. The molecule has 0 radical (unpaired) electrons. The van der Waals surface area contributed by atoms with Gasteiger partial charge in [-0.25, -0.2) is 13.2 Å². The van der Waals surface area contributed by atoms with Crippen LogP contribution in [0.4, 0.5) is 0 Å². The molecular formula is C12H12BrNO4S. The normalized spacial score (nSPS) is 12.7. The van der Waals surface area contributed by atoms with Crippen molar-refractivity contribution >= 4 is 31.9 Å². The van der Waals surface area contributed by atoms with Gasteiger partial charge in [-0.15, -0.1) is 6.42 Å². The lowest BCUT2D eigenvalue weighted by Gasteiger charge is -2.12. The molecule has 7 heteroatoms. The van der Waals surface area contributed by atoms with Crippen molar-refractivity contribution in [3.05, 3.63) is 28.2 Å². The maximum absolute atomic E-state index is 12.0. The molecule has 1 rings (SSSR count). The largest absolute Gasteiger partial charge is 0.478 e. The molecule has 0 fully saturated rings. The molecule has 1 unspecified atom stereocenters. The summed E-state index contributed by atoms with van der Waals surface area (Å²) in [7, 11) is -3.83. The number of benzene rings is 1. The molecule has 0 amide bonds. The lowest BCUT2D eigenvalue weighted by Crippen LogP contribution is -2.33. The van der Waals surface area contributed by atoms with Gasteiger partial charge >= 0.3 is 5.97 Å². The number of carbonyl (C=O) groups is 1. The van der Waals surface area contributed by atoms with E-state index in [1.54, 1.807) is 6.92 Å². The average molecular weight is 346 g/mol. The van der Waals surface area contributed by atoms with Gasteiger partial charge in [0.15, 0.2) is 0 Å². The van der Waals surface area contributed by atoms with Crippen molar-refractivity contribution in [2.24, 2.45) is 0 Å². The second kappa shape index (κ2) is 6.19. The summed E-state index contributed by atoms with van der Waals surface area (Å²) in [6.07, 6.45) is 5.63. The Kier molecular flexibility index (Phi) is 5.11. The van der Waals surface area contributed by atoms with Gasteiger partial charge in [0.05, 0.1) is 16.5 Å². The van der Waals surface area contributed by atoms with E-state index >= 15 is 0 Å². The highest BCUT2D eigenvalue weighted by Crippen LogP contribution is 2.21. The summed E-state index contributed by atoms with van der Waals surface area (Å²) >= 11 is 3.05. The zero-order valence-corrected chi connectivity index (χ0v) is 12.5. The Morgan fingerprint density at radius 1 is 1.58 bits per heavy atom. The zero-order chi connectivity index (χ0) is 14.6. The number of hydrogen-bond acceptors (Lipinski definition) is 3. The molecular weight excluding hydrogens is 334 g/mol. The molecule has 1 aromatic carbocycles. The number of aromatic carboxylic acids is 1. The van der Waals surface area contributed by atoms with Gasteiger partial charge in [0.1, 0.15) is 0 Å². The Morgan fingerprint density at radius 2 is 2.21 bits per heavy atom. The highest BCUT2D eigenvalue weighted by molar-refractivity contribution is 9.10. The highest BCUT2D eigenvalue weighted by atomic mass is 79.9. The molecule has 102 valence electrons. The van der Waals surface area contributed by atoms with Crippen LogP contribution in [0.15, 0.2) is 27.6 Å². The fraction of sp³-hybridized carbons (Fsp3) is 0.250. The third-order valence-corrected chi connectivity index (χ3v) is 4.55. The topological polar surface area (TPSA) is 83.5 Å². The summed E-state index contributed by atoms with van der Waals surface area (Å²) in [5.41, 5.74) is -0.128. The monoisotopic (exact) mass is 345 g/mol. The third kappa shape index (κ3) is 3.80. The van der Waals surface area contributed by atoms with Crippen molar-refractivity contribution in [2.75, 3.05) is 0 Å². The van der Waals surface area contributed by atoms with Crippen molar-refractivity contribution in [2.45, 2.75) is 24.3 Å². The Balaban J connectivity index is 3.20. The molecule has 1 atom stereocenters. The number of carboxylic acid groups (broad SMARTS) is 1. The van der Waals surface area contributed by atoms with Crippen molar-refractivity contribution in [1.82, 2.24) is 4.72 Å². The molecule has 19 heavy (non-hydrogen) atoms. The standard InChI is InChI=1S/C12H12BrNO4S/c1-3-8(4-2)14-19(17,18)9-5-6-11(13)10(7-9)12(15)16/h1,5-8,14H,4H2,2H3,(H,15,16). The van der Waals surface area contributed by atoms with Gasteiger partial charge in [0, 0.05) is 4.47 Å². The van der Waals surface area contributed by atoms with E-state index in [1.807, 2.05) is 0 Å². The van der Waals surface area contributed by atoms with E-state index in [-0.39, 0.29) is 10.5 Å². The van der Waals surface area contributed by atoms with Crippen molar-refractivity contribution in [3.8, 4) is 12.3 Å². The summed E-state index contributed by atoms with van der Waals surface area (Å²) in [6, 6.07) is 3.14. The van der Waals surface area contributed by atoms with Crippen LogP contribution in [-0.2, 0) is 10.0 Å². The lowest BCUT2D eigenvalue weighted by atomic mass is 10.2. The highest BCUT2D eigenvalue weighted by Gasteiger charge is 2.20. The molecule has 0 aliphatic rings. The van der Waals surface area contributed by atoms with Crippen LogP contribution in [0.25, 0.3) is 0 Å². The molecule has 0 spiro atoms. The number of terminal acetylenes is 1. The lowest BCUT2D eigenvalue weighted by molar-refractivity contribution is 0.0695. The van der Waals surface area contributed by atoms with Crippen molar-refractivity contribution < 1.29 is 18.3 Å². The van der Waals surface area contributed by atoms with Crippen molar-refractivity contribution in [1.29, 1.82) is 0 Å². The summed E-state index contributed by atoms with van der Waals surface area (Å²) in [5, 5.41) is 8.95. The van der Waals surface area contributed by atoms with E-state index in [1.165, 1.54) is 12.1 Å². The molecule has 0 aromatic heterocycles. The van der Waals surface area contributed by atoms with Crippen LogP contribution in [0.3, 0.4) is 0 Å². The fourth-order valence-electron chi connectivity index (χ4n) is 1.33. The van der Waals surface area contributed by atoms with Gasteiger partial charge < -0.3 is 5.11 Å². The Morgan fingerprint density at radius 3 is 2.68 bits per heavy atom. The average Bonchev–Trinajstić information content (AvgIpc) is 2.35. The van der Waals surface area contributed by atoms with Gasteiger partial charge in [-0.05, 0) is 40.5 Å². The van der Waals surface area contributed by atoms with E-state index in [9.17, 15) is 13.2 Å². The fourth-order valence-corrected chi connectivity index (χ4v) is 3.01. The van der Waals surface area contributed by atoms with Crippen LogP contribution < -0.4 is 4.72 Å². The summed E-state index contributed by atoms with van der Waals surface area (Å²) in [6.45, 7) is 1.75. The van der Waals surface area contributed by atoms with Gasteiger partial charge in [-0.1, -0.05) is 12.8 Å².